The van der Waals surface area contributed by atoms with Crippen LogP contribution in [0.3, 0.4) is 0 Å². The van der Waals surface area contributed by atoms with E-state index in [1.807, 2.05) is 85.3 Å². The van der Waals surface area contributed by atoms with Gasteiger partial charge in [0.1, 0.15) is 5.75 Å². The Balaban J connectivity index is 1.58. The smallest absolute Gasteiger partial charge is 0.332 e. The molecule has 0 saturated carbocycles. The van der Waals surface area contributed by atoms with Gasteiger partial charge in [0.05, 0.1) is 11.2 Å². The second kappa shape index (κ2) is 14.8. The molecule has 0 aliphatic rings. The molecule has 0 atom stereocenters. The van der Waals surface area contributed by atoms with Crippen molar-refractivity contribution in [3.05, 3.63) is 109 Å². The fourth-order valence-electron chi connectivity index (χ4n) is 4.92. The van der Waals surface area contributed by atoms with Gasteiger partial charge in [0.2, 0.25) is 5.88 Å². The number of pyridine rings is 1. The van der Waals surface area contributed by atoms with Crippen molar-refractivity contribution in [1.82, 2.24) is 14.1 Å². The standard InChI is InChI=1S/C35H35N5O5/c1-4-5-6-7-12-32(37-44-25(2)41)31-24-40(33-19-18-29(23-30(31)33)43-34-13-8-9-20-36-34)28-16-14-27(15-17-28)35(38-45-26(3)42)39-21-10-11-22-39/h8-11,13-24H,4-7,12H2,1-3H3/b37-32+,38-35-. The maximum Gasteiger partial charge on any atom is 0.332 e. The molecular formula is C35H35N5O5. The number of unbranched alkanes of at least 4 members (excludes halogenated alkanes) is 3. The number of aromatic nitrogens is 3. The van der Waals surface area contributed by atoms with Crippen molar-refractivity contribution in [3.63, 3.8) is 0 Å². The van der Waals surface area contributed by atoms with Gasteiger partial charge in [-0.1, -0.05) is 42.6 Å². The van der Waals surface area contributed by atoms with Gasteiger partial charge in [-0.3, -0.25) is 0 Å². The van der Waals surface area contributed by atoms with Crippen LogP contribution in [-0.2, 0) is 19.3 Å². The highest BCUT2D eigenvalue weighted by atomic mass is 16.7. The first-order chi connectivity index (χ1) is 21.9. The molecule has 0 radical (unpaired) electrons. The summed E-state index contributed by atoms with van der Waals surface area (Å²) in [4.78, 5) is 37.7. The summed E-state index contributed by atoms with van der Waals surface area (Å²) < 4.78 is 9.91. The molecule has 10 heteroatoms. The van der Waals surface area contributed by atoms with E-state index in [1.54, 1.807) is 16.8 Å². The average molecular weight is 606 g/mol. The van der Waals surface area contributed by atoms with Crippen molar-refractivity contribution in [2.45, 2.75) is 52.9 Å². The van der Waals surface area contributed by atoms with Crippen molar-refractivity contribution in [1.29, 1.82) is 0 Å². The predicted molar refractivity (Wildman–Crippen MR) is 173 cm³/mol. The second-order valence-electron chi connectivity index (χ2n) is 10.4. The summed E-state index contributed by atoms with van der Waals surface area (Å²) in [6, 6.07) is 22.8. The van der Waals surface area contributed by atoms with Gasteiger partial charge in [0.15, 0.2) is 5.84 Å². The van der Waals surface area contributed by atoms with Gasteiger partial charge in [-0.25, -0.2) is 14.6 Å². The van der Waals surface area contributed by atoms with Crippen LogP contribution in [0, 0.1) is 0 Å². The summed E-state index contributed by atoms with van der Waals surface area (Å²) in [5.74, 6) is 0.588. The first-order valence-electron chi connectivity index (χ1n) is 14.9. The van der Waals surface area contributed by atoms with Crippen LogP contribution in [0.25, 0.3) is 16.6 Å². The molecule has 0 aliphatic carbocycles. The topological polar surface area (TPSA) is 109 Å². The lowest BCUT2D eigenvalue weighted by Crippen LogP contribution is -2.13. The number of rotatable bonds is 12. The number of benzene rings is 2. The summed E-state index contributed by atoms with van der Waals surface area (Å²) in [5, 5.41) is 9.27. The molecule has 0 spiro atoms. The van der Waals surface area contributed by atoms with Gasteiger partial charge in [-0.2, -0.15) is 0 Å². The van der Waals surface area contributed by atoms with Crippen LogP contribution in [-0.4, -0.2) is 37.6 Å². The zero-order chi connectivity index (χ0) is 31.6. The van der Waals surface area contributed by atoms with Crippen molar-refractivity contribution >= 4 is 34.4 Å². The molecule has 3 heterocycles. The minimum Gasteiger partial charge on any atom is -0.439 e. The second-order valence-corrected chi connectivity index (χ2v) is 10.4. The molecule has 0 saturated heterocycles. The molecule has 2 aromatic carbocycles. The lowest BCUT2D eigenvalue weighted by Gasteiger charge is -2.10. The molecule has 5 rings (SSSR count). The predicted octanol–water partition coefficient (Wildman–Crippen LogP) is 7.63. The summed E-state index contributed by atoms with van der Waals surface area (Å²) in [7, 11) is 0. The Kier molecular flexibility index (Phi) is 10.2. The monoisotopic (exact) mass is 605 g/mol. The first kappa shape index (κ1) is 30.9. The molecule has 3 aromatic heterocycles. The maximum absolute atomic E-state index is 11.8. The van der Waals surface area contributed by atoms with Crippen molar-refractivity contribution in [3.8, 4) is 17.3 Å². The quantitative estimate of drug-likeness (QED) is 0.0476. The van der Waals surface area contributed by atoms with E-state index in [4.69, 9.17) is 14.4 Å². The Hall–Kier alpha value is -5.51. The maximum atomic E-state index is 11.8. The van der Waals surface area contributed by atoms with E-state index in [9.17, 15) is 9.59 Å². The zero-order valence-corrected chi connectivity index (χ0v) is 25.6. The van der Waals surface area contributed by atoms with Crippen LogP contribution >= 0.6 is 0 Å². The van der Waals surface area contributed by atoms with E-state index in [0.717, 1.165) is 53.4 Å². The van der Waals surface area contributed by atoms with E-state index in [0.29, 0.717) is 29.6 Å². The Morgan fingerprint density at radius 3 is 2.29 bits per heavy atom. The summed E-state index contributed by atoms with van der Waals surface area (Å²) in [6.45, 7) is 4.82. The zero-order valence-electron chi connectivity index (χ0n) is 25.6. The van der Waals surface area contributed by atoms with E-state index < -0.39 is 11.9 Å². The minimum atomic E-state index is -0.505. The number of oxime groups is 2. The van der Waals surface area contributed by atoms with Crippen molar-refractivity contribution in [2.24, 2.45) is 10.3 Å². The number of nitrogens with zero attached hydrogens (tertiary/aromatic N) is 5. The molecule has 5 aromatic rings. The number of fused-ring (bicyclic) bond motifs is 1. The van der Waals surface area contributed by atoms with Gasteiger partial charge in [0, 0.05) is 66.9 Å². The Morgan fingerprint density at radius 1 is 0.844 bits per heavy atom. The van der Waals surface area contributed by atoms with E-state index in [1.165, 1.54) is 13.8 Å². The molecule has 230 valence electrons. The normalized spacial score (nSPS) is 11.9. The van der Waals surface area contributed by atoms with Crippen LogP contribution < -0.4 is 4.74 Å². The minimum absolute atomic E-state index is 0.471. The third kappa shape index (κ3) is 7.91. The first-order valence-corrected chi connectivity index (χ1v) is 14.9. The fourth-order valence-corrected chi connectivity index (χ4v) is 4.92. The molecular weight excluding hydrogens is 570 g/mol. The van der Waals surface area contributed by atoms with Crippen LogP contribution in [0.5, 0.6) is 11.6 Å². The lowest BCUT2D eigenvalue weighted by atomic mass is 10.0. The van der Waals surface area contributed by atoms with Crippen LogP contribution in [0.4, 0.5) is 0 Å². The summed E-state index contributed by atoms with van der Waals surface area (Å²) in [5.41, 5.74) is 4.06. The summed E-state index contributed by atoms with van der Waals surface area (Å²) in [6.07, 6.45) is 12.2. The molecule has 0 unspecified atom stereocenters. The van der Waals surface area contributed by atoms with Crippen LogP contribution in [0.2, 0.25) is 0 Å². The van der Waals surface area contributed by atoms with E-state index >= 15 is 0 Å². The summed E-state index contributed by atoms with van der Waals surface area (Å²) >= 11 is 0. The molecule has 10 nitrogen and oxygen atoms in total. The average Bonchev–Trinajstić information content (AvgIpc) is 3.70. The molecule has 45 heavy (non-hydrogen) atoms. The lowest BCUT2D eigenvalue weighted by molar-refractivity contribution is -0.141. The van der Waals surface area contributed by atoms with Crippen molar-refractivity contribution < 1.29 is 24.0 Å². The molecule has 0 bridgehead atoms. The van der Waals surface area contributed by atoms with Gasteiger partial charge < -0.3 is 23.5 Å². The highest BCUT2D eigenvalue weighted by Crippen LogP contribution is 2.32. The van der Waals surface area contributed by atoms with E-state index in [-0.39, 0.29) is 0 Å². The third-order valence-corrected chi connectivity index (χ3v) is 7.01. The molecule has 0 fully saturated rings. The highest BCUT2D eigenvalue weighted by Gasteiger charge is 2.18. The molecule has 0 N–H and O–H groups in total. The molecule has 0 aliphatic heterocycles. The highest BCUT2D eigenvalue weighted by molar-refractivity contribution is 6.11. The Bertz CT molecular complexity index is 1810. The number of ether oxygens (including phenoxy) is 1. The number of hydrogen-bond acceptors (Lipinski definition) is 8. The van der Waals surface area contributed by atoms with Gasteiger partial charge >= 0.3 is 11.9 Å². The largest absolute Gasteiger partial charge is 0.439 e. The Labute approximate surface area is 261 Å². The third-order valence-electron chi connectivity index (χ3n) is 7.01. The SMILES string of the molecule is CCCCCC/C(=N\OC(C)=O)c1cn(-c2ccc(/C(=N/OC(C)=O)n3cccc3)cc2)c2ccc(Oc3ccccn3)cc12. The molecule has 0 amide bonds. The van der Waals surface area contributed by atoms with Gasteiger partial charge in [0.25, 0.3) is 0 Å². The number of carbonyl (C=O) groups is 2. The van der Waals surface area contributed by atoms with Crippen LogP contribution in [0.15, 0.2) is 108 Å². The number of carbonyl (C=O) groups excluding carboxylic acids is 2. The van der Waals surface area contributed by atoms with Crippen molar-refractivity contribution in [2.75, 3.05) is 0 Å². The van der Waals surface area contributed by atoms with Gasteiger partial charge in [-0.15, -0.1) is 0 Å². The Morgan fingerprint density at radius 2 is 1.60 bits per heavy atom. The fraction of sp³-hybridized carbons (Fsp3) is 0.229. The van der Waals surface area contributed by atoms with E-state index in [2.05, 4.69) is 26.8 Å². The van der Waals surface area contributed by atoms with Crippen LogP contribution in [0.1, 0.15) is 64.0 Å². The number of hydrogen-bond donors (Lipinski definition) is 0. The van der Waals surface area contributed by atoms with Gasteiger partial charge in [-0.05, 0) is 73.5 Å².